The van der Waals surface area contributed by atoms with Crippen LogP contribution < -0.4 is 0 Å². The Kier molecular flexibility index (Phi) is 9.18. The second-order valence-electron chi connectivity index (χ2n) is 16.3. The molecule has 0 bridgehead atoms. The van der Waals surface area contributed by atoms with Crippen molar-refractivity contribution in [2.24, 2.45) is 0 Å². The first-order valence-corrected chi connectivity index (χ1v) is 21.7. The number of rotatable bonds is 7. The molecule has 0 amide bonds. The lowest BCUT2D eigenvalue weighted by molar-refractivity contribution is 0.589. The highest BCUT2D eigenvalue weighted by atomic mass is 19.1. The summed E-state index contributed by atoms with van der Waals surface area (Å²) >= 11 is 0. The highest BCUT2D eigenvalue weighted by Crippen LogP contribution is 2.44. The number of fused-ring (bicyclic) bond motifs is 6. The smallest absolute Gasteiger partial charge is 0.134 e. The molecule has 310 valence electrons. The van der Waals surface area contributed by atoms with Crippen molar-refractivity contribution < 1.29 is 8.78 Å². The van der Waals surface area contributed by atoms with Crippen molar-refractivity contribution in [3.05, 3.63) is 230 Å². The third-order valence-electron chi connectivity index (χ3n) is 12.6. The van der Waals surface area contributed by atoms with Gasteiger partial charge >= 0.3 is 0 Å². The van der Waals surface area contributed by atoms with Crippen molar-refractivity contribution in [1.82, 2.24) is 19.1 Å². The van der Waals surface area contributed by atoms with Crippen molar-refractivity contribution in [2.75, 3.05) is 0 Å². The van der Waals surface area contributed by atoms with E-state index in [0.29, 0.717) is 11.4 Å². The van der Waals surface area contributed by atoms with E-state index in [1.165, 1.54) is 18.2 Å². The molecule has 4 aromatic heterocycles. The Hall–Kier alpha value is -8.99. The lowest BCUT2D eigenvalue weighted by Gasteiger charge is -2.20. The van der Waals surface area contributed by atoms with Crippen LogP contribution in [-0.4, -0.2) is 19.1 Å². The van der Waals surface area contributed by atoms with Crippen molar-refractivity contribution in [3.63, 3.8) is 0 Å². The lowest BCUT2D eigenvalue weighted by Crippen LogP contribution is -2.06. The van der Waals surface area contributed by atoms with E-state index >= 15 is 8.78 Å². The molecule has 0 saturated carbocycles. The molecule has 8 aromatic carbocycles. The van der Waals surface area contributed by atoms with Gasteiger partial charge in [-0.25, -0.2) is 8.78 Å². The van der Waals surface area contributed by atoms with Gasteiger partial charge in [-0.3, -0.25) is 9.97 Å². The molecule has 0 N–H and O–H groups in total. The molecule has 5 nitrogen and oxygen atoms in total. The average Bonchev–Trinajstić information content (AvgIpc) is 3.88. The van der Waals surface area contributed by atoms with Crippen molar-refractivity contribution in [2.45, 2.75) is 0 Å². The van der Waals surface area contributed by atoms with Gasteiger partial charge in [0.25, 0.3) is 0 Å². The van der Waals surface area contributed by atoms with Crippen LogP contribution in [-0.2, 0) is 0 Å². The minimum atomic E-state index is -0.757. The molecule has 4 heterocycles. The fraction of sp³-hybridized carbons (Fsp3) is 0. The van der Waals surface area contributed by atoms with Crippen LogP contribution in [0.1, 0.15) is 5.56 Å². The number of para-hydroxylation sites is 2. The number of hydrogen-bond acceptors (Lipinski definition) is 3. The van der Waals surface area contributed by atoms with Crippen LogP contribution in [0, 0.1) is 23.0 Å². The van der Waals surface area contributed by atoms with Crippen LogP contribution in [0.3, 0.4) is 0 Å². The lowest BCUT2D eigenvalue weighted by atomic mass is 9.96. The van der Waals surface area contributed by atoms with E-state index in [-0.39, 0.29) is 16.7 Å². The molecule has 0 fully saturated rings. The first kappa shape index (κ1) is 38.7. The predicted octanol–water partition coefficient (Wildman–Crippen LogP) is 15.2. The minimum Gasteiger partial charge on any atom is -0.307 e. The summed E-state index contributed by atoms with van der Waals surface area (Å²) in [5.74, 6) is -1.51. The predicted molar refractivity (Wildman–Crippen MR) is 263 cm³/mol. The van der Waals surface area contributed by atoms with E-state index in [4.69, 9.17) is 9.97 Å². The quantitative estimate of drug-likeness (QED) is 0.160. The molecule has 0 aliphatic rings. The van der Waals surface area contributed by atoms with Gasteiger partial charge in [0.05, 0.1) is 62.0 Å². The molecular formula is C59H35F2N5. The van der Waals surface area contributed by atoms with Crippen molar-refractivity contribution >= 4 is 43.6 Å². The summed E-state index contributed by atoms with van der Waals surface area (Å²) < 4.78 is 36.4. The second kappa shape index (κ2) is 15.7. The zero-order chi connectivity index (χ0) is 44.3. The van der Waals surface area contributed by atoms with Crippen molar-refractivity contribution in [1.29, 1.82) is 5.26 Å². The van der Waals surface area contributed by atoms with E-state index in [1.807, 2.05) is 85.2 Å². The Morgan fingerprint density at radius 1 is 0.379 bits per heavy atom. The van der Waals surface area contributed by atoms with E-state index in [0.717, 1.165) is 88.4 Å². The number of benzene rings is 8. The van der Waals surface area contributed by atoms with Gasteiger partial charge in [0.2, 0.25) is 0 Å². The fourth-order valence-corrected chi connectivity index (χ4v) is 9.71. The molecule has 0 atom stereocenters. The Morgan fingerprint density at radius 3 is 1.33 bits per heavy atom. The van der Waals surface area contributed by atoms with E-state index in [9.17, 15) is 5.26 Å². The molecule has 0 unspecified atom stereocenters. The monoisotopic (exact) mass is 851 g/mol. The maximum atomic E-state index is 16.0. The molecule has 0 radical (unpaired) electrons. The van der Waals surface area contributed by atoms with Gasteiger partial charge in [0, 0.05) is 61.8 Å². The molecule has 0 saturated heterocycles. The number of aromatic nitrogens is 4. The SMILES string of the molecule is N#Cc1cc(-n2c3ccccc3c3ccc(-c4cccnc4-c4ccccc4)cc32)c(-n2c3ccccc3c3ccc(-c4cccnc4-c4ccccc4)cc32)cc1-c1c(F)cccc1F. The maximum Gasteiger partial charge on any atom is 0.134 e. The largest absolute Gasteiger partial charge is 0.307 e. The molecule has 7 heteroatoms. The second-order valence-corrected chi connectivity index (χ2v) is 16.3. The zero-order valence-corrected chi connectivity index (χ0v) is 35.2. The first-order chi connectivity index (χ1) is 32.6. The Bertz CT molecular complexity index is 3900. The van der Waals surface area contributed by atoms with Gasteiger partial charge in [0.1, 0.15) is 11.6 Å². The van der Waals surface area contributed by atoms with Gasteiger partial charge in [-0.15, -0.1) is 0 Å². The van der Waals surface area contributed by atoms with Crippen LogP contribution in [0.2, 0.25) is 0 Å². The molecular weight excluding hydrogens is 817 g/mol. The summed E-state index contributed by atoms with van der Waals surface area (Å²) in [6.07, 6.45) is 3.62. The van der Waals surface area contributed by atoms with Gasteiger partial charge in [-0.1, -0.05) is 140 Å². The summed E-state index contributed by atoms with van der Waals surface area (Å²) in [6, 6.07) is 67.3. The third-order valence-corrected chi connectivity index (χ3v) is 12.6. The highest BCUT2D eigenvalue weighted by Gasteiger charge is 2.25. The fourth-order valence-electron chi connectivity index (χ4n) is 9.71. The highest BCUT2D eigenvalue weighted by molar-refractivity contribution is 6.13. The summed E-state index contributed by atoms with van der Waals surface area (Å²) in [7, 11) is 0. The van der Waals surface area contributed by atoms with Gasteiger partial charge < -0.3 is 9.13 Å². The number of pyridine rings is 2. The van der Waals surface area contributed by atoms with E-state index < -0.39 is 11.6 Å². The molecule has 0 aliphatic carbocycles. The Labute approximate surface area is 378 Å². The number of halogens is 2. The maximum absolute atomic E-state index is 16.0. The minimum absolute atomic E-state index is 0.128. The molecule has 12 aromatic rings. The average molecular weight is 852 g/mol. The third kappa shape index (κ3) is 6.19. The number of nitrogens with zero attached hydrogens (tertiary/aromatic N) is 5. The Balaban J connectivity index is 1.20. The molecule has 66 heavy (non-hydrogen) atoms. The summed E-state index contributed by atoms with van der Waals surface area (Å²) in [5, 5.41) is 15.0. The van der Waals surface area contributed by atoms with E-state index in [2.05, 4.69) is 112 Å². The molecule has 0 spiro atoms. The number of hydrogen-bond donors (Lipinski definition) is 0. The molecule has 0 aliphatic heterocycles. The van der Waals surface area contributed by atoms with Crippen LogP contribution in [0.5, 0.6) is 0 Å². The zero-order valence-electron chi connectivity index (χ0n) is 35.2. The van der Waals surface area contributed by atoms with E-state index in [1.54, 1.807) is 12.1 Å². The van der Waals surface area contributed by atoms with Crippen molar-refractivity contribution in [3.8, 4) is 73.3 Å². The van der Waals surface area contributed by atoms with Gasteiger partial charge in [-0.2, -0.15) is 5.26 Å². The molecule has 12 rings (SSSR count). The summed E-state index contributed by atoms with van der Waals surface area (Å²) in [6.45, 7) is 0. The van der Waals surface area contributed by atoms with Crippen LogP contribution in [0.15, 0.2) is 213 Å². The topological polar surface area (TPSA) is 59.4 Å². The number of nitriles is 1. The summed E-state index contributed by atoms with van der Waals surface area (Å²) in [5.41, 5.74) is 12.4. The summed E-state index contributed by atoms with van der Waals surface area (Å²) in [4.78, 5) is 9.70. The van der Waals surface area contributed by atoms with Crippen LogP contribution in [0.4, 0.5) is 8.78 Å². The standard InChI is InChI=1S/C59H35F2N5/c60-49-22-11-23-50(61)57(49)48-35-56(66-52-25-10-8-19-45(52)47-29-27-40(33-54(47)66)43-21-13-31-64-59(43)38-16-5-2-6-17-38)55(34-41(48)36-62)65-51-24-9-7-18-44(51)46-28-26-39(32-53(46)65)42-20-12-30-63-58(42)37-14-3-1-4-15-37/h1-35H. The Morgan fingerprint density at radius 2 is 0.833 bits per heavy atom. The normalized spacial score (nSPS) is 11.5. The van der Waals surface area contributed by atoms with Crippen LogP contribution in [0.25, 0.3) is 111 Å². The van der Waals surface area contributed by atoms with Crippen LogP contribution >= 0.6 is 0 Å². The van der Waals surface area contributed by atoms with Gasteiger partial charge in [0.15, 0.2) is 0 Å². The van der Waals surface area contributed by atoms with Gasteiger partial charge in [-0.05, 0) is 71.8 Å². The first-order valence-electron chi connectivity index (χ1n) is 21.7.